The van der Waals surface area contributed by atoms with Crippen LogP contribution in [0.25, 0.3) is 6.08 Å². The summed E-state index contributed by atoms with van der Waals surface area (Å²) in [6.45, 7) is 3.46. The number of carbonyl (C=O) groups is 2. The SMILES string of the molecule is CC1=NN(c2ccccc2)C(=O)[C@H]1/C=c1/sc2n(c1=O)[C@@H](c1ccc(F)cc1)C(C(=O)Nc1ccccc1)=C(C)N=2. The first-order valence-electron chi connectivity index (χ1n) is 12.9. The minimum atomic E-state index is -0.854. The number of halogens is 1. The molecule has 3 heterocycles. The molecular weight excluding hydrogens is 541 g/mol. The molecule has 2 aliphatic heterocycles. The lowest BCUT2D eigenvalue weighted by Crippen LogP contribution is -2.41. The van der Waals surface area contributed by atoms with Crippen molar-refractivity contribution < 1.29 is 14.0 Å². The van der Waals surface area contributed by atoms with Crippen LogP contribution in [0.15, 0.2) is 111 Å². The Morgan fingerprint density at radius 3 is 2.29 bits per heavy atom. The highest BCUT2D eigenvalue weighted by atomic mass is 32.1. The molecule has 0 aliphatic carbocycles. The van der Waals surface area contributed by atoms with Crippen molar-refractivity contribution >= 4 is 46.3 Å². The number of rotatable bonds is 5. The minimum absolute atomic E-state index is 0.268. The molecule has 0 saturated heterocycles. The topological polar surface area (TPSA) is 96.1 Å². The van der Waals surface area contributed by atoms with Crippen molar-refractivity contribution in [3.8, 4) is 0 Å². The van der Waals surface area contributed by atoms with Crippen molar-refractivity contribution in [3.05, 3.63) is 127 Å². The lowest BCUT2D eigenvalue weighted by Gasteiger charge is -2.25. The summed E-state index contributed by atoms with van der Waals surface area (Å²) in [5, 5.41) is 8.65. The first-order chi connectivity index (χ1) is 19.8. The maximum absolute atomic E-state index is 13.9. The molecule has 6 rings (SSSR count). The molecule has 4 aromatic rings. The Bertz CT molecular complexity index is 1910. The largest absolute Gasteiger partial charge is 0.322 e. The van der Waals surface area contributed by atoms with Gasteiger partial charge >= 0.3 is 0 Å². The average Bonchev–Trinajstić information content (AvgIpc) is 3.43. The van der Waals surface area contributed by atoms with Gasteiger partial charge in [0.25, 0.3) is 17.4 Å². The smallest absolute Gasteiger partial charge is 0.270 e. The van der Waals surface area contributed by atoms with Crippen molar-refractivity contribution in [1.29, 1.82) is 0 Å². The van der Waals surface area contributed by atoms with E-state index >= 15 is 0 Å². The van der Waals surface area contributed by atoms with E-state index in [-0.39, 0.29) is 11.5 Å². The first-order valence-corrected chi connectivity index (χ1v) is 13.7. The van der Waals surface area contributed by atoms with Gasteiger partial charge in [-0.15, -0.1) is 0 Å². The highest BCUT2D eigenvalue weighted by Crippen LogP contribution is 2.31. The predicted molar refractivity (Wildman–Crippen MR) is 157 cm³/mol. The van der Waals surface area contributed by atoms with E-state index in [2.05, 4.69) is 15.4 Å². The first kappa shape index (κ1) is 26.3. The Balaban J connectivity index is 1.44. The monoisotopic (exact) mass is 565 g/mol. The molecule has 204 valence electrons. The van der Waals surface area contributed by atoms with Gasteiger partial charge in [0.15, 0.2) is 4.80 Å². The molecule has 0 saturated carbocycles. The molecule has 0 fully saturated rings. The van der Waals surface area contributed by atoms with Gasteiger partial charge < -0.3 is 5.32 Å². The number of hydrazone groups is 1. The minimum Gasteiger partial charge on any atom is -0.322 e. The van der Waals surface area contributed by atoms with E-state index in [1.807, 2.05) is 24.3 Å². The predicted octanol–water partition coefficient (Wildman–Crippen LogP) is 4.00. The highest BCUT2D eigenvalue weighted by molar-refractivity contribution is 7.07. The maximum atomic E-state index is 13.9. The molecule has 3 aromatic carbocycles. The molecule has 1 N–H and O–H groups in total. The number of thiazole rings is 1. The molecule has 0 radical (unpaired) electrons. The third kappa shape index (κ3) is 4.82. The van der Waals surface area contributed by atoms with Crippen LogP contribution in [-0.4, -0.2) is 22.1 Å². The summed E-state index contributed by atoms with van der Waals surface area (Å²) in [5.74, 6) is -1.86. The van der Waals surface area contributed by atoms with Crippen LogP contribution in [0, 0.1) is 11.7 Å². The van der Waals surface area contributed by atoms with Crippen LogP contribution in [-0.2, 0) is 9.59 Å². The Morgan fingerprint density at radius 2 is 1.61 bits per heavy atom. The van der Waals surface area contributed by atoms with Crippen molar-refractivity contribution in [2.75, 3.05) is 10.3 Å². The van der Waals surface area contributed by atoms with E-state index in [0.717, 1.165) is 11.3 Å². The number of carbonyl (C=O) groups excluding carboxylic acids is 2. The summed E-state index contributed by atoms with van der Waals surface area (Å²) >= 11 is 1.14. The van der Waals surface area contributed by atoms with E-state index in [4.69, 9.17) is 0 Å². The number of nitrogens with zero attached hydrogens (tertiary/aromatic N) is 4. The van der Waals surface area contributed by atoms with Crippen LogP contribution in [0.2, 0.25) is 0 Å². The zero-order valence-corrected chi connectivity index (χ0v) is 22.9. The molecule has 0 bridgehead atoms. The number of amides is 2. The van der Waals surface area contributed by atoms with Crippen LogP contribution in [0.3, 0.4) is 0 Å². The highest BCUT2D eigenvalue weighted by Gasteiger charge is 2.35. The fourth-order valence-corrected chi connectivity index (χ4v) is 6.04. The summed E-state index contributed by atoms with van der Waals surface area (Å²) in [5.41, 5.74) is 2.63. The summed E-state index contributed by atoms with van der Waals surface area (Å²) in [7, 11) is 0. The zero-order chi connectivity index (χ0) is 28.7. The van der Waals surface area contributed by atoms with E-state index in [1.54, 1.807) is 68.5 Å². The number of anilines is 2. The molecule has 0 spiro atoms. The van der Waals surface area contributed by atoms with Crippen LogP contribution in [0.5, 0.6) is 0 Å². The number of hydrogen-bond donors (Lipinski definition) is 1. The summed E-state index contributed by atoms with van der Waals surface area (Å²) in [6.07, 6.45) is 1.61. The van der Waals surface area contributed by atoms with Crippen LogP contribution in [0.1, 0.15) is 25.5 Å². The summed E-state index contributed by atoms with van der Waals surface area (Å²) in [4.78, 5) is 45.9. The normalized spacial score (nSPS) is 18.7. The van der Waals surface area contributed by atoms with Crippen molar-refractivity contribution in [3.63, 3.8) is 0 Å². The van der Waals surface area contributed by atoms with Gasteiger partial charge in [0.05, 0.1) is 33.2 Å². The molecule has 2 aliphatic rings. The van der Waals surface area contributed by atoms with Gasteiger partial charge in [0.1, 0.15) is 11.7 Å². The van der Waals surface area contributed by atoms with Crippen molar-refractivity contribution in [2.45, 2.75) is 19.9 Å². The third-order valence-electron chi connectivity index (χ3n) is 6.99. The van der Waals surface area contributed by atoms with Crippen LogP contribution >= 0.6 is 11.3 Å². The van der Waals surface area contributed by atoms with E-state index in [0.29, 0.717) is 37.7 Å². The summed E-state index contributed by atoms with van der Waals surface area (Å²) < 4.78 is 15.6. The Labute approximate surface area is 238 Å². The zero-order valence-electron chi connectivity index (χ0n) is 22.1. The molecule has 2 atom stereocenters. The van der Waals surface area contributed by atoms with Gasteiger partial charge in [-0.05, 0) is 61.9 Å². The number of fused-ring (bicyclic) bond motifs is 1. The second-order valence-corrected chi connectivity index (χ2v) is 10.7. The van der Waals surface area contributed by atoms with Gasteiger partial charge in [-0.25, -0.2) is 9.38 Å². The summed E-state index contributed by atoms with van der Waals surface area (Å²) in [6, 6.07) is 22.9. The number of para-hydroxylation sites is 2. The average molecular weight is 566 g/mol. The number of benzene rings is 3. The number of allylic oxidation sites excluding steroid dienone is 1. The molecule has 8 nitrogen and oxygen atoms in total. The lowest BCUT2D eigenvalue weighted by atomic mass is 9.95. The van der Waals surface area contributed by atoms with Crippen molar-refractivity contribution in [2.24, 2.45) is 16.0 Å². The van der Waals surface area contributed by atoms with Gasteiger partial charge in [-0.3, -0.25) is 19.0 Å². The number of nitrogens with one attached hydrogen (secondary N) is 1. The fraction of sp³-hybridized carbons (Fsp3) is 0.129. The lowest BCUT2D eigenvalue weighted by molar-refractivity contribution is -0.118. The van der Waals surface area contributed by atoms with Crippen LogP contribution < -0.4 is 25.2 Å². The van der Waals surface area contributed by atoms with E-state index < -0.39 is 29.2 Å². The number of hydrogen-bond acceptors (Lipinski definition) is 6. The third-order valence-corrected chi connectivity index (χ3v) is 7.99. The fourth-order valence-electron chi connectivity index (χ4n) is 4.98. The Morgan fingerprint density at radius 1 is 0.951 bits per heavy atom. The van der Waals surface area contributed by atoms with Gasteiger partial charge in [-0.1, -0.05) is 59.9 Å². The second-order valence-electron chi connectivity index (χ2n) is 9.68. The van der Waals surface area contributed by atoms with Gasteiger partial charge in [0.2, 0.25) is 0 Å². The molecule has 10 heteroatoms. The molecule has 0 unspecified atom stereocenters. The molecule has 2 amide bonds. The quantitative estimate of drug-likeness (QED) is 0.396. The van der Waals surface area contributed by atoms with Crippen LogP contribution in [0.4, 0.5) is 15.8 Å². The van der Waals surface area contributed by atoms with E-state index in [1.165, 1.54) is 21.7 Å². The molecular formula is C31H24FN5O3S. The molecule has 1 aromatic heterocycles. The second kappa shape index (κ2) is 10.5. The maximum Gasteiger partial charge on any atom is 0.270 e. The van der Waals surface area contributed by atoms with Gasteiger partial charge in [0, 0.05) is 5.69 Å². The van der Waals surface area contributed by atoms with E-state index in [9.17, 15) is 18.8 Å². The van der Waals surface area contributed by atoms with Gasteiger partial charge in [-0.2, -0.15) is 10.1 Å². The number of aromatic nitrogens is 1. The molecule has 41 heavy (non-hydrogen) atoms. The Kier molecular flexibility index (Phi) is 6.76. The Hall–Kier alpha value is -4.96. The van der Waals surface area contributed by atoms with Crippen molar-refractivity contribution in [1.82, 2.24) is 4.57 Å². The standard InChI is InChI=1S/C31H24FN5O3S/c1-18-24(29(39)37(35-18)23-11-7-4-8-12-23)17-25-30(40)36-27(20-13-15-21(32)16-14-20)26(19(2)33-31(36)41-25)28(38)34-22-9-5-3-6-10-22/h3-17,24,27H,1-2H3,(H,34,38)/b25-17+/t24-,27-/m0/s1.